The summed E-state index contributed by atoms with van der Waals surface area (Å²) in [6.45, 7) is 14.2. The van der Waals surface area contributed by atoms with E-state index < -0.39 is 0 Å². The van der Waals surface area contributed by atoms with E-state index in [2.05, 4.69) is 44.5 Å². The van der Waals surface area contributed by atoms with Gasteiger partial charge >= 0.3 is 0 Å². The number of hydrogen-bond donors (Lipinski definition) is 1. The third-order valence-corrected chi connectivity index (χ3v) is 2.18. The molecular weight excluding hydrogens is 182 g/mol. The standard InChI is InChI=1S/C12H17N.C2H6/c1-5-6-11(9(2)3)12-7-8-13-10(12)4;1-2/h5-9,13H,1H2,2-4H3;1-2H3/b11-6-;. The van der Waals surface area contributed by atoms with Crippen LogP contribution in [0.1, 0.15) is 39.0 Å². The second-order valence-electron chi connectivity index (χ2n) is 3.53. The van der Waals surface area contributed by atoms with Crippen LogP contribution in [-0.2, 0) is 0 Å². The second kappa shape index (κ2) is 7.10. The van der Waals surface area contributed by atoms with E-state index in [4.69, 9.17) is 0 Å². The Hall–Kier alpha value is -1.24. The fourth-order valence-electron chi connectivity index (χ4n) is 1.49. The number of rotatable bonds is 3. The maximum Gasteiger partial charge on any atom is 0.0192 e. The first kappa shape index (κ1) is 13.8. The van der Waals surface area contributed by atoms with Crippen molar-refractivity contribution in [2.75, 3.05) is 0 Å². The van der Waals surface area contributed by atoms with Gasteiger partial charge in [0, 0.05) is 11.9 Å². The molecule has 0 unspecified atom stereocenters. The first-order chi connectivity index (χ1) is 7.16. The van der Waals surface area contributed by atoms with E-state index in [1.807, 2.05) is 26.1 Å². The molecule has 1 heteroatoms. The minimum absolute atomic E-state index is 0.535. The smallest absolute Gasteiger partial charge is 0.0192 e. The Morgan fingerprint density at radius 2 is 2.00 bits per heavy atom. The van der Waals surface area contributed by atoms with Crippen LogP contribution < -0.4 is 0 Å². The fraction of sp³-hybridized carbons (Fsp3) is 0.429. The van der Waals surface area contributed by atoms with E-state index in [1.54, 1.807) is 0 Å². The molecule has 0 bridgehead atoms. The van der Waals surface area contributed by atoms with Crippen LogP contribution in [0.15, 0.2) is 31.0 Å². The summed E-state index contributed by atoms with van der Waals surface area (Å²) >= 11 is 0. The monoisotopic (exact) mass is 205 g/mol. The maximum atomic E-state index is 3.74. The van der Waals surface area contributed by atoms with Gasteiger partial charge in [-0.05, 0) is 30.0 Å². The third kappa shape index (κ3) is 3.78. The summed E-state index contributed by atoms with van der Waals surface area (Å²) in [5, 5.41) is 0. The van der Waals surface area contributed by atoms with Gasteiger partial charge in [-0.1, -0.05) is 46.4 Å². The first-order valence-corrected chi connectivity index (χ1v) is 5.63. The Bertz CT molecular complexity index is 316. The molecule has 1 rings (SSSR count). The highest BCUT2D eigenvalue weighted by molar-refractivity contribution is 5.69. The van der Waals surface area contributed by atoms with Gasteiger partial charge in [0.15, 0.2) is 0 Å². The third-order valence-electron chi connectivity index (χ3n) is 2.18. The van der Waals surface area contributed by atoms with Crippen molar-refractivity contribution in [3.63, 3.8) is 0 Å². The molecule has 0 fully saturated rings. The molecule has 15 heavy (non-hydrogen) atoms. The summed E-state index contributed by atoms with van der Waals surface area (Å²) in [6.07, 6.45) is 5.91. The fourth-order valence-corrected chi connectivity index (χ4v) is 1.49. The molecule has 1 N–H and O–H groups in total. The minimum Gasteiger partial charge on any atom is -0.365 e. The lowest BCUT2D eigenvalue weighted by atomic mass is 9.95. The van der Waals surface area contributed by atoms with E-state index in [9.17, 15) is 0 Å². The van der Waals surface area contributed by atoms with Gasteiger partial charge in [0.25, 0.3) is 0 Å². The summed E-state index contributed by atoms with van der Waals surface area (Å²) in [5.74, 6) is 0.535. The van der Waals surface area contributed by atoms with Crippen molar-refractivity contribution >= 4 is 5.57 Å². The molecule has 1 nitrogen and oxygen atoms in total. The average Bonchev–Trinajstić information content (AvgIpc) is 2.63. The van der Waals surface area contributed by atoms with Gasteiger partial charge in [0.1, 0.15) is 0 Å². The molecular formula is C14H23N. The number of allylic oxidation sites excluding steroid dienone is 3. The van der Waals surface area contributed by atoms with Crippen LogP contribution >= 0.6 is 0 Å². The number of aryl methyl sites for hydroxylation is 1. The highest BCUT2D eigenvalue weighted by atomic mass is 14.7. The predicted molar refractivity (Wildman–Crippen MR) is 69.9 cm³/mol. The van der Waals surface area contributed by atoms with Crippen molar-refractivity contribution in [1.82, 2.24) is 4.98 Å². The van der Waals surface area contributed by atoms with Crippen molar-refractivity contribution < 1.29 is 0 Å². The summed E-state index contributed by atoms with van der Waals surface area (Å²) in [6, 6.07) is 2.12. The second-order valence-corrected chi connectivity index (χ2v) is 3.53. The Morgan fingerprint density at radius 3 is 2.33 bits per heavy atom. The van der Waals surface area contributed by atoms with E-state index in [-0.39, 0.29) is 0 Å². The van der Waals surface area contributed by atoms with Gasteiger partial charge in [-0.25, -0.2) is 0 Å². The molecule has 0 saturated heterocycles. The van der Waals surface area contributed by atoms with Crippen LogP contribution in [-0.4, -0.2) is 4.98 Å². The average molecular weight is 205 g/mol. The Morgan fingerprint density at radius 1 is 1.40 bits per heavy atom. The molecule has 0 radical (unpaired) electrons. The molecule has 0 amide bonds. The summed E-state index contributed by atoms with van der Waals surface area (Å²) in [4.78, 5) is 3.19. The zero-order valence-electron chi connectivity index (χ0n) is 10.6. The normalized spacial score (nSPS) is 10.9. The van der Waals surface area contributed by atoms with Crippen LogP contribution in [0.3, 0.4) is 0 Å². The van der Waals surface area contributed by atoms with Gasteiger partial charge in [0.2, 0.25) is 0 Å². The molecule has 1 aromatic rings. The van der Waals surface area contributed by atoms with Crippen molar-refractivity contribution in [3.05, 3.63) is 42.3 Å². The summed E-state index contributed by atoms with van der Waals surface area (Å²) < 4.78 is 0. The first-order valence-electron chi connectivity index (χ1n) is 5.63. The largest absolute Gasteiger partial charge is 0.365 e. The lowest BCUT2D eigenvalue weighted by Crippen LogP contribution is -1.93. The van der Waals surface area contributed by atoms with E-state index >= 15 is 0 Å². The summed E-state index contributed by atoms with van der Waals surface area (Å²) in [5.41, 5.74) is 3.87. The number of H-pyrrole nitrogens is 1. The van der Waals surface area contributed by atoms with Crippen molar-refractivity contribution in [3.8, 4) is 0 Å². The summed E-state index contributed by atoms with van der Waals surface area (Å²) in [7, 11) is 0. The number of nitrogens with one attached hydrogen (secondary N) is 1. The van der Waals surface area contributed by atoms with Gasteiger partial charge in [-0.15, -0.1) is 0 Å². The SMILES string of the molecule is C=C/C=C(\c1cc[nH]c1C)C(C)C.CC. The van der Waals surface area contributed by atoms with E-state index in [0.717, 1.165) is 0 Å². The van der Waals surface area contributed by atoms with Gasteiger partial charge in [-0.3, -0.25) is 0 Å². The molecule has 0 aliphatic rings. The Labute approximate surface area is 93.9 Å². The molecule has 0 spiro atoms. The molecule has 1 aromatic heterocycles. The zero-order valence-corrected chi connectivity index (χ0v) is 10.6. The molecule has 0 aliphatic carbocycles. The van der Waals surface area contributed by atoms with Crippen molar-refractivity contribution in [1.29, 1.82) is 0 Å². The number of aromatic amines is 1. The highest BCUT2D eigenvalue weighted by Crippen LogP contribution is 2.25. The highest BCUT2D eigenvalue weighted by Gasteiger charge is 2.08. The quantitative estimate of drug-likeness (QED) is 0.695. The minimum atomic E-state index is 0.535. The molecule has 0 aromatic carbocycles. The Kier molecular flexibility index (Phi) is 6.52. The zero-order chi connectivity index (χ0) is 11.8. The van der Waals surface area contributed by atoms with Gasteiger partial charge < -0.3 is 4.98 Å². The van der Waals surface area contributed by atoms with Crippen LogP contribution in [0, 0.1) is 12.8 Å². The van der Waals surface area contributed by atoms with Gasteiger partial charge in [0.05, 0.1) is 0 Å². The van der Waals surface area contributed by atoms with Gasteiger partial charge in [-0.2, -0.15) is 0 Å². The van der Waals surface area contributed by atoms with E-state index in [1.165, 1.54) is 16.8 Å². The maximum absolute atomic E-state index is 3.74. The lowest BCUT2D eigenvalue weighted by Gasteiger charge is -2.10. The molecule has 0 saturated carbocycles. The van der Waals surface area contributed by atoms with Crippen LogP contribution in [0.2, 0.25) is 0 Å². The van der Waals surface area contributed by atoms with Crippen molar-refractivity contribution in [2.45, 2.75) is 34.6 Å². The van der Waals surface area contributed by atoms with E-state index in [0.29, 0.717) is 5.92 Å². The lowest BCUT2D eigenvalue weighted by molar-refractivity contribution is 0.854. The van der Waals surface area contributed by atoms with Crippen molar-refractivity contribution in [2.24, 2.45) is 5.92 Å². The number of hydrogen-bond acceptors (Lipinski definition) is 0. The Balaban J connectivity index is 0.000000921. The topological polar surface area (TPSA) is 15.8 Å². The van der Waals surface area contributed by atoms with Crippen LogP contribution in [0.5, 0.6) is 0 Å². The molecule has 84 valence electrons. The molecule has 0 aliphatic heterocycles. The van der Waals surface area contributed by atoms with Crippen LogP contribution in [0.25, 0.3) is 5.57 Å². The predicted octanol–water partition coefficient (Wildman–Crippen LogP) is 4.57. The van der Waals surface area contributed by atoms with Crippen LogP contribution in [0.4, 0.5) is 0 Å². The molecule has 0 atom stereocenters. The molecule has 1 heterocycles. The number of aromatic nitrogens is 1.